The third-order valence-electron chi connectivity index (χ3n) is 5.42. The van der Waals surface area contributed by atoms with Gasteiger partial charge in [-0.05, 0) is 60.9 Å². The highest BCUT2D eigenvalue weighted by Gasteiger charge is 2.37. The first-order valence-electron chi connectivity index (χ1n) is 10.3. The van der Waals surface area contributed by atoms with Gasteiger partial charge in [0.15, 0.2) is 0 Å². The van der Waals surface area contributed by atoms with Crippen LogP contribution < -0.4 is 15.0 Å². The number of nitrogens with zero attached hydrogens (tertiary/aromatic N) is 1. The maximum absolute atomic E-state index is 13.3. The highest BCUT2D eigenvalue weighted by molar-refractivity contribution is 6.39. The summed E-state index contributed by atoms with van der Waals surface area (Å²) in [5.74, 6) is -0.959. The number of imide groups is 2. The second-order valence-corrected chi connectivity index (χ2v) is 8.07. The van der Waals surface area contributed by atoms with Crippen LogP contribution in [0, 0.1) is 13.8 Å². The summed E-state index contributed by atoms with van der Waals surface area (Å²) >= 11 is 6.04. The molecular weight excluding hydrogens is 440 g/mol. The largest absolute Gasteiger partial charge is 0.488 e. The summed E-state index contributed by atoms with van der Waals surface area (Å²) in [4.78, 5) is 39.4. The van der Waals surface area contributed by atoms with Crippen LogP contribution in [0.3, 0.4) is 0 Å². The van der Waals surface area contributed by atoms with E-state index < -0.39 is 17.8 Å². The molecule has 1 heterocycles. The van der Waals surface area contributed by atoms with Crippen molar-refractivity contribution in [1.82, 2.24) is 5.32 Å². The zero-order valence-electron chi connectivity index (χ0n) is 18.1. The van der Waals surface area contributed by atoms with E-state index in [2.05, 4.69) is 5.32 Å². The van der Waals surface area contributed by atoms with Gasteiger partial charge in [0.2, 0.25) is 0 Å². The summed E-state index contributed by atoms with van der Waals surface area (Å²) in [7, 11) is 0. The van der Waals surface area contributed by atoms with Crippen LogP contribution in [0.4, 0.5) is 10.5 Å². The Bertz CT molecular complexity index is 1300. The second-order valence-electron chi connectivity index (χ2n) is 7.63. The van der Waals surface area contributed by atoms with Crippen molar-refractivity contribution in [3.8, 4) is 5.75 Å². The van der Waals surface area contributed by atoms with Crippen molar-refractivity contribution in [2.75, 3.05) is 4.90 Å². The summed E-state index contributed by atoms with van der Waals surface area (Å²) in [6.45, 7) is 3.97. The Kier molecular flexibility index (Phi) is 6.29. The predicted molar refractivity (Wildman–Crippen MR) is 127 cm³/mol. The van der Waals surface area contributed by atoms with Crippen molar-refractivity contribution in [2.24, 2.45) is 0 Å². The van der Waals surface area contributed by atoms with E-state index in [1.807, 2.05) is 32.0 Å². The molecule has 0 spiro atoms. The summed E-state index contributed by atoms with van der Waals surface area (Å²) in [5, 5.41) is 2.87. The molecule has 33 heavy (non-hydrogen) atoms. The molecule has 4 rings (SSSR count). The minimum atomic E-state index is -0.777. The molecule has 166 valence electrons. The zero-order chi connectivity index (χ0) is 23.5. The average molecular weight is 461 g/mol. The van der Waals surface area contributed by atoms with E-state index in [9.17, 15) is 14.4 Å². The van der Waals surface area contributed by atoms with Crippen LogP contribution in [0.25, 0.3) is 6.08 Å². The van der Waals surface area contributed by atoms with E-state index in [0.717, 1.165) is 21.6 Å². The minimum Gasteiger partial charge on any atom is -0.488 e. The number of halogens is 1. The highest BCUT2D eigenvalue weighted by Crippen LogP contribution is 2.29. The van der Waals surface area contributed by atoms with E-state index in [0.29, 0.717) is 22.0 Å². The van der Waals surface area contributed by atoms with Gasteiger partial charge < -0.3 is 4.74 Å². The van der Waals surface area contributed by atoms with Crippen LogP contribution in [0.15, 0.2) is 72.3 Å². The van der Waals surface area contributed by atoms with Gasteiger partial charge in [-0.25, -0.2) is 9.69 Å². The molecule has 0 aromatic heterocycles. The number of hydrogen-bond acceptors (Lipinski definition) is 4. The molecule has 6 nitrogen and oxygen atoms in total. The predicted octanol–water partition coefficient (Wildman–Crippen LogP) is 5.20. The van der Waals surface area contributed by atoms with Crippen LogP contribution in [0.5, 0.6) is 5.75 Å². The molecule has 0 saturated carbocycles. The SMILES string of the molecule is Cc1cccc(N2C(=O)NC(=O)/C(=C\c3ccccc3OCc3cccc(Cl)c3)C2=O)c1C. The number of amides is 4. The number of nitrogens with one attached hydrogen (secondary N) is 1. The number of urea groups is 1. The number of benzene rings is 3. The van der Waals surface area contributed by atoms with Crippen molar-refractivity contribution < 1.29 is 19.1 Å². The Morgan fingerprint density at radius 1 is 0.970 bits per heavy atom. The van der Waals surface area contributed by atoms with Gasteiger partial charge >= 0.3 is 6.03 Å². The van der Waals surface area contributed by atoms with Crippen molar-refractivity contribution >= 4 is 41.2 Å². The van der Waals surface area contributed by atoms with E-state index in [-0.39, 0.29) is 12.2 Å². The topological polar surface area (TPSA) is 75.7 Å². The van der Waals surface area contributed by atoms with Gasteiger partial charge in [-0.2, -0.15) is 0 Å². The zero-order valence-corrected chi connectivity index (χ0v) is 18.8. The molecule has 1 aliphatic rings. The third kappa shape index (κ3) is 4.66. The van der Waals surface area contributed by atoms with Crippen molar-refractivity contribution in [3.63, 3.8) is 0 Å². The molecule has 3 aromatic carbocycles. The Morgan fingerprint density at radius 2 is 1.73 bits per heavy atom. The lowest BCUT2D eigenvalue weighted by atomic mass is 10.0. The second kappa shape index (κ2) is 9.30. The van der Waals surface area contributed by atoms with Crippen LogP contribution in [0.2, 0.25) is 5.02 Å². The number of hydrogen-bond donors (Lipinski definition) is 1. The van der Waals surface area contributed by atoms with Crippen molar-refractivity contribution in [1.29, 1.82) is 0 Å². The molecule has 0 radical (unpaired) electrons. The van der Waals surface area contributed by atoms with Gasteiger partial charge in [0, 0.05) is 10.6 Å². The monoisotopic (exact) mass is 460 g/mol. The lowest BCUT2D eigenvalue weighted by molar-refractivity contribution is -0.122. The Balaban J connectivity index is 1.67. The van der Waals surface area contributed by atoms with Gasteiger partial charge in [-0.15, -0.1) is 0 Å². The quantitative estimate of drug-likeness (QED) is 0.419. The minimum absolute atomic E-state index is 0.158. The number of carbonyl (C=O) groups is 3. The molecule has 1 N–H and O–H groups in total. The first-order chi connectivity index (χ1) is 15.8. The van der Waals surface area contributed by atoms with Gasteiger partial charge in [-0.1, -0.05) is 54.1 Å². The fourth-order valence-electron chi connectivity index (χ4n) is 3.53. The molecule has 0 aliphatic carbocycles. The van der Waals surface area contributed by atoms with E-state index in [1.165, 1.54) is 6.08 Å². The molecular formula is C26H21ClN2O4. The van der Waals surface area contributed by atoms with Gasteiger partial charge in [-0.3, -0.25) is 14.9 Å². The fourth-order valence-corrected chi connectivity index (χ4v) is 3.74. The number of barbiturate groups is 1. The lowest BCUT2D eigenvalue weighted by Gasteiger charge is -2.28. The molecule has 0 unspecified atom stereocenters. The number of carbonyl (C=O) groups excluding carboxylic acids is 3. The van der Waals surface area contributed by atoms with Crippen LogP contribution >= 0.6 is 11.6 Å². The number of anilines is 1. The van der Waals surface area contributed by atoms with E-state index in [4.69, 9.17) is 16.3 Å². The number of rotatable bonds is 5. The number of para-hydroxylation sites is 1. The molecule has 0 atom stereocenters. The average Bonchev–Trinajstić information content (AvgIpc) is 2.78. The number of ether oxygens (including phenoxy) is 1. The Labute approximate surface area is 196 Å². The summed E-state index contributed by atoms with van der Waals surface area (Å²) in [6.07, 6.45) is 1.44. The normalized spacial score (nSPS) is 15.1. The summed E-state index contributed by atoms with van der Waals surface area (Å²) in [6, 6.07) is 18.9. The van der Waals surface area contributed by atoms with Gasteiger partial charge in [0.05, 0.1) is 5.69 Å². The molecule has 0 bridgehead atoms. The molecule has 7 heteroatoms. The number of aryl methyl sites for hydroxylation is 1. The standard InChI is InChI=1S/C26H21ClN2O4/c1-16-7-5-11-22(17(16)2)29-25(31)21(24(30)28-26(29)32)14-19-9-3-4-12-23(19)33-15-18-8-6-10-20(27)13-18/h3-14H,15H2,1-2H3,(H,28,30,32)/b21-14+. The third-order valence-corrected chi connectivity index (χ3v) is 5.66. The molecule has 1 saturated heterocycles. The Hall–Kier alpha value is -3.90. The van der Waals surface area contributed by atoms with Crippen LogP contribution in [-0.2, 0) is 16.2 Å². The van der Waals surface area contributed by atoms with Gasteiger partial charge in [0.1, 0.15) is 17.9 Å². The summed E-state index contributed by atoms with van der Waals surface area (Å²) in [5.41, 5.74) is 3.39. The maximum Gasteiger partial charge on any atom is 0.335 e. The highest BCUT2D eigenvalue weighted by atomic mass is 35.5. The maximum atomic E-state index is 13.3. The van der Waals surface area contributed by atoms with Crippen LogP contribution in [0.1, 0.15) is 22.3 Å². The van der Waals surface area contributed by atoms with Gasteiger partial charge in [0.25, 0.3) is 11.8 Å². The molecule has 1 aliphatic heterocycles. The molecule has 4 amide bonds. The van der Waals surface area contributed by atoms with Crippen LogP contribution in [-0.4, -0.2) is 17.8 Å². The van der Waals surface area contributed by atoms with Crippen molar-refractivity contribution in [2.45, 2.75) is 20.5 Å². The smallest absolute Gasteiger partial charge is 0.335 e. The van der Waals surface area contributed by atoms with E-state index >= 15 is 0 Å². The van der Waals surface area contributed by atoms with Crippen molar-refractivity contribution in [3.05, 3.63) is 99.6 Å². The fraction of sp³-hybridized carbons (Fsp3) is 0.115. The molecule has 1 fully saturated rings. The molecule has 3 aromatic rings. The first-order valence-corrected chi connectivity index (χ1v) is 10.7. The first kappa shape index (κ1) is 22.3. The summed E-state index contributed by atoms with van der Waals surface area (Å²) < 4.78 is 5.93. The lowest BCUT2D eigenvalue weighted by Crippen LogP contribution is -2.54. The van der Waals surface area contributed by atoms with E-state index in [1.54, 1.807) is 48.5 Å². The Morgan fingerprint density at radius 3 is 2.52 bits per heavy atom.